The van der Waals surface area contributed by atoms with Crippen LogP contribution in [0.4, 0.5) is 4.79 Å². The number of carbonyl (C=O) groups is 2. The van der Waals surface area contributed by atoms with E-state index < -0.39 is 17.6 Å². The maximum absolute atomic E-state index is 12.1. The van der Waals surface area contributed by atoms with Gasteiger partial charge in [-0.1, -0.05) is 13.8 Å². The molecule has 3 N–H and O–H groups in total. The van der Waals surface area contributed by atoms with Crippen molar-refractivity contribution in [2.24, 2.45) is 5.92 Å². The van der Waals surface area contributed by atoms with Gasteiger partial charge in [0, 0.05) is 13.1 Å². The predicted octanol–water partition coefficient (Wildman–Crippen LogP) is 1.04. The molecular weight excluding hydrogens is 248 g/mol. The fourth-order valence-corrected chi connectivity index (χ4v) is 2.20. The second-order valence-electron chi connectivity index (χ2n) is 5.85. The van der Waals surface area contributed by atoms with Gasteiger partial charge in [0.1, 0.15) is 6.04 Å². The minimum atomic E-state index is -1.02. The molecule has 2 atom stereocenters. The number of carboxylic acid groups (broad SMARTS) is 1. The van der Waals surface area contributed by atoms with E-state index in [1.165, 1.54) is 0 Å². The molecule has 2 amide bonds. The largest absolute Gasteiger partial charge is 0.480 e. The highest BCUT2D eigenvalue weighted by Gasteiger charge is 2.30. The second-order valence-corrected chi connectivity index (χ2v) is 5.85. The van der Waals surface area contributed by atoms with Crippen molar-refractivity contribution >= 4 is 12.0 Å². The third kappa shape index (κ3) is 4.70. The third-order valence-electron chi connectivity index (χ3n) is 3.56. The van der Waals surface area contributed by atoms with Crippen molar-refractivity contribution in [3.8, 4) is 0 Å². The van der Waals surface area contributed by atoms with Gasteiger partial charge in [-0.05, 0) is 32.1 Å². The van der Waals surface area contributed by atoms with Crippen molar-refractivity contribution < 1.29 is 19.8 Å². The fraction of sp³-hybridized carbons (Fsp3) is 0.846. The van der Waals surface area contributed by atoms with Gasteiger partial charge in [0.05, 0.1) is 5.60 Å². The average Bonchev–Trinajstić information content (AvgIpc) is 2.46. The Morgan fingerprint density at radius 3 is 2.42 bits per heavy atom. The minimum absolute atomic E-state index is 0.170. The Hall–Kier alpha value is -1.30. The van der Waals surface area contributed by atoms with Gasteiger partial charge in [-0.15, -0.1) is 0 Å². The summed E-state index contributed by atoms with van der Waals surface area (Å²) in [7, 11) is 0. The number of carbonyl (C=O) groups excluding carboxylic acids is 1. The van der Waals surface area contributed by atoms with Crippen molar-refractivity contribution in [1.29, 1.82) is 0 Å². The van der Waals surface area contributed by atoms with Crippen LogP contribution < -0.4 is 5.32 Å². The van der Waals surface area contributed by atoms with E-state index in [4.69, 9.17) is 5.11 Å². The lowest BCUT2D eigenvalue weighted by molar-refractivity contribution is -0.140. The van der Waals surface area contributed by atoms with Gasteiger partial charge in [-0.2, -0.15) is 0 Å². The quantitative estimate of drug-likeness (QED) is 0.716. The maximum Gasteiger partial charge on any atom is 0.326 e. The number of amides is 2. The predicted molar refractivity (Wildman–Crippen MR) is 70.8 cm³/mol. The number of rotatable bonds is 3. The lowest BCUT2D eigenvalue weighted by Crippen LogP contribution is -2.50. The molecule has 0 saturated carbocycles. The van der Waals surface area contributed by atoms with Gasteiger partial charge in [-0.25, -0.2) is 9.59 Å². The topological polar surface area (TPSA) is 89.9 Å². The first-order valence-electron chi connectivity index (χ1n) is 6.73. The van der Waals surface area contributed by atoms with E-state index in [2.05, 4.69) is 5.32 Å². The van der Waals surface area contributed by atoms with E-state index in [0.29, 0.717) is 25.9 Å². The Balaban J connectivity index is 2.60. The Morgan fingerprint density at radius 1 is 1.26 bits per heavy atom. The molecule has 0 radical (unpaired) electrons. The van der Waals surface area contributed by atoms with Crippen molar-refractivity contribution in [1.82, 2.24) is 10.2 Å². The minimum Gasteiger partial charge on any atom is -0.480 e. The summed E-state index contributed by atoms with van der Waals surface area (Å²) in [4.78, 5) is 24.7. The first-order chi connectivity index (χ1) is 8.73. The molecule has 110 valence electrons. The average molecular weight is 272 g/mol. The zero-order chi connectivity index (χ0) is 14.6. The van der Waals surface area contributed by atoms with Crippen molar-refractivity contribution in [2.45, 2.75) is 51.7 Å². The lowest BCUT2D eigenvalue weighted by Gasteiger charge is -2.26. The molecule has 1 saturated heterocycles. The molecule has 6 heteroatoms. The molecular formula is C13H24N2O4. The van der Waals surface area contributed by atoms with Crippen LogP contribution in [-0.4, -0.2) is 51.8 Å². The summed E-state index contributed by atoms with van der Waals surface area (Å²) in [6.07, 6.45) is 1.89. The fourth-order valence-electron chi connectivity index (χ4n) is 2.20. The molecule has 1 unspecified atom stereocenters. The molecule has 1 fully saturated rings. The van der Waals surface area contributed by atoms with E-state index in [-0.39, 0.29) is 11.9 Å². The first-order valence-corrected chi connectivity index (χ1v) is 6.73. The lowest BCUT2D eigenvalue weighted by atomic mass is 9.98. The Labute approximate surface area is 113 Å². The van der Waals surface area contributed by atoms with Crippen LogP contribution >= 0.6 is 0 Å². The summed E-state index contributed by atoms with van der Waals surface area (Å²) >= 11 is 0. The molecule has 0 bridgehead atoms. The number of likely N-dealkylation sites (tertiary alicyclic amines) is 1. The molecule has 0 aromatic rings. The Morgan fingerprint density at radius 2 is 1.89 bits per heavy atom. The summed E-state index contributed by atoms with van der Waals surface area (Å²) in [6, 6.07) is -1.24. The molecule has 1 rings (SSSR count). The highest BCUT2D eigenvalue weighted by atomic mass is 16.4. The number of aliphatic hydroxyl groups is 1. The number of nitrogens with zero attached hydrogens (tertiary/aromatic N) is 1. The molecule has 0 aliphatic carbocycles. The number of hydrogen-bond donors (Lipinski definition) is 3. The Kier molecular flexibility index (Phi) is 5.17. The van der Waals surface area contributed by atoms with Gasteiger partial charge >= 0.3 is 12.0 Å². The number of hydrogen-bond acceptors (Lipinski definition) is 3. The second kappa shape index (κ2) is 6.23. The number of aliphatic carboxylic acids is 1. The summed E-state index contributed by atoms with van der Waals surface area (Å²) in [5.41, 5.74) is -0.737. The monoisotopic (exact) mass is 272 g/mol. The molecule has 1 aliphatic heterocycles. The number of carboxylic acids is 1. The van der Waals surface area contributed by atoms with Crippen LogP contribution in [0.25, 0.3) is 0 Å². The van der Waals surface area contributed by atoms with Gasteiger partial charge in [0.2, 0.25) is 0 Å². The van der Waals surface area contributed by atoms with Gasteiger partial charge in [-0.3, -0.25) is 0 Å². The molecule has 19 heavy (non-hydrogen) atoms. The first kappa shape index (κ1) is 15.8. The summed E-state index contributed by atoms with van der Waals surface area (Å²) in [6.45, 7) is 6.27. The molecule has 0 aromatic heterocycles. The standard InChI is InChI=1S/C13H24N2O4/c1-9(2)10(11(16)17)14-12(18)15-7-4-5-13(3,19)6-8-15/h9-10,19H,4-8H2,1-3H3,(H,14,18)(H,16,17)/t10-,13?/m1/s1. The van der Waals surface area contributed by atoms with Crippen LogP contribution in [0.3, 0.4) is 0 Å². The van der Waals surface area contributed by atoms with Crippen LogP contribution in [0, 0.1) is 5.92 Å². The third-order valence-corrected chi connectivity index (χ3v) is 3.56. The molecule has 1 aliphatic rings. The van der Waals surface area contributed by atoms with Crippen molar-refractivity contribution in [2.75, 3.05) is 13.1 Å². The van der Waals surface area contributed by atoms with Crippen LogP contribution in [0.2, 0.25) is 0 Å². The van der Waals surface area contributed by atoms with Gasteiger partial charge in [0.15, 0.2) is 0 Å². The summed E-state index contributed by atoms with van der Waals surface area (Å²) in [5.74, 6) is -1.19. The summed E-state index contributed by atoms with van der Waals surface area (Å²) in [5, 5.41) is 21.6. The van der Waals surface area contributed by atoms with Crippen LogP contribution in [0.15, 0.2) is 0 Å². The van der Waals surface area contributed by atoms with Crippen LogP contribution in [0.5, 0.6) is 0 Å². The highest BCUT2D eigenvalue weighted by Crippen LogP contribution is 2.21. The smallest absolute Gasteiger partial charge is 0.326 e. The summed E-state index contributed by atoms with van der Waals surface area (Å²) < 4.78 is 0. The molecule has 0 spiro atoms. The SMILES string of the molecule is CC(C)[C@@H](NC(=O)N1CCCC(C)(O)CC1)C(=O)O. The molecule has 1 heterocycles. The van der Waals surface area contributed by atoms with E-state index in [1.54, 1.807) is 25.7 Å². The zero-order valence-corrected chi connectivity index (χ0v) is 11.8. The number of urea groups is 1. The number of nitrogens with one attached hydrogen (secondary N) is 1. The molecule has 6 nitrogen and oxygen atoms in total. The zero-order valence-electron chi connectivity index (χ0n) is 11.8. The van der Waals surface area contributed by atoms with Crippen LogP contribution in [-0.2, 0) is 4.79 Å². The van der Waals surface area contributed by atoms with E-state index >= 15 is 0 Å². The molecule has 0 aromatic carbocycles. The van der Waals surface area contributed by atoms with E-state index in [0.717, 1.165) is 6.42 Å². The maximum atomic E-state index is 12.1. The van der Waals surface area contributed by atoms with Crippen molar-refractivity contribution in [3.05, 3.63) is 0 Å². The van der Waals surface area contributed by atoms with E-state index in [9.17, 15) is 14.7 Å². The Bertz CT molecular complexity index is 342. The van der Waals surface area contributed by atoms with Gasteiger partial charge in [0.25, 0.3) is 0 Å². The van der Waals surface area contributed by atoms with Gasteiger partial charge < -0.3 is 20.4 Å². The van der Waals surface area contributed by atoms with Crippen LogP contribution in [0.1, 0.15) is 40.0 Å². The van der Waals surface area contributed by atoms with Crippen molar-refractivity contribution in [3.63, 3.8) is 0 Å². The normalized spacial score (nSPS) is 25.8. The highest BCUT2D eigenvalue weighted by molar-refractivity contribution is 5.82. The van der Waals surface area contributed by atoms with E-state index in [1.807, 2.05) is 0 Å².